The summed E-state index contributed by atoms with van der Waals surface area (Å²) >= 11 is 0. The van der Waals surface area contributed by atoms with Crippen molar-refractivity contribution >= 4 is 0 Å². The van der Waals surface area contributed by atoms with Gasteiger partial charge in [-0.05, 0) is 25.3 Å². The van der Waals surface area contributed by atoms with E-state index in [4.69, 9.17) is 0 Å². The molecule has 17 heavy (non-hydrogen) atoms. The van der Waals surface area contributed by atoms with E-state index in [1.54, 1.807) is 0 Å². The number of hydrogen-bond acceptors (Lipinski definition) is 2. The summed E-state index contributed by atoms with van der Waals surface area (Å²) in [6.45, 7) is 12.0. The molecule has 0 atom stereocenters. The Bertz CT molecular complexity index is 315. The molecule has 0 unspecified atom stereocenters. The van der Waals surface area contributed by atoms with Gasteiger partial charge in [0.25, 0.3) is 0 Å². The third-order valence-corrected chi connectivity index (χ3v) is 2.97. The van der Waals surface area contributed by atoms with Gasteiger partial charge in [-0.3, -0.25) is 4.68 Å². The molecule has 3 heteroatoms. The molecule has 0 saturated carbocycles. The van der Waals surface area contributed by atoms with Crippen molar-refractivity contribution in [2.24, 2.45) is 0 Å². The molecule has 1 heterocycles. The average Bonchev–Trinajstić information content (AvgIpc) is 2.70. The first-order chi connectivity index (χ1) is 8.20. The Hall–Kier alpha value is -0.830. The lowest BCUT2D eigenvalue weighted by Gasteiger charge is -2.13. The van der Waals surface area contributed by atoms with E-state index in [9.17, 15) is 0 Å². The average molecular weight is 237 g/mol. The number of rotatable bonds is 8. The Labute approximate surface area is 106 Å². The molecule has 0 bridgehead atoms. The second kappa shape index (κ2) is 7.49. The minimum absolute atomic E-state index is 0.549. The number of nitrogens with one attached hydrogen (secondary N) is 1. The summed E-state index contributed by atoms with van der Waals surface area (Å²) in [4.78, 5) is 0. The molecule has 0 aromatic carbocycles. The first-order valence-corrected chi connectivity index (χ1v) is 6.95. The van der Waals surface area contributed by atoms with Crippen LogP contribution in [-0.4, -0.2) is 16.3 Å². The normalized spacial score (nSPS) is 11.4. The fraction of sp³-hybridized carbons (Fsp3) is 0.786. The summed E-state index contributed by atoms with van der Waals surface area (Å²) in [6, 6.07) is 0. The van der Waals surface area contributed by atoms with Crippen molar-refractivity contribution in [1.82, 2.24) is 15.1 Å². The molecular weight excluding hydrogens is 210 g/mol. The number of hydrogen-bond donors (Lipinski definition) is 1. The fourth-order valence-corrected chi connectivity index (χ4v) is 2.12. The van der Waals surface area contributed by atoms with Gasteiger partial charge in [-0.1, -0.05) is 34.1 Å². The van der Waals surface area contributed by atoms with Crippen molar-refractivity contribution in [2.75, 3.05) is 6.54 Å². The highest BCUT2D eigenvalue weighted by atomic mass is 15.3. The van der Waals surface area contributed by atoms with E-state index in [1.165, 1.54) is 30.5 Å². The summed E-state index contributed by atoms with van der Waals surface area (Å²) < 4.78 is 2.19. The largest absolute Gasteiger partial charge is 0.313 e. The second-order valence-corrected chi connectivity index (χ2v) is 4.96. The van der Waals surface area contributed by atoms with Gasteiger partial charge in [0.15, 0.2) is 0 Å². The van der Waals surface area contributed by atoms with Crippen molar-refractivity contribution in [3.63, 3.8) is 0 Å². The summed E-state index contributed by atoms with van der Waals surface area (Å²) in [6.07, 6.45) is 5.65. The molecule has 3 nitrogen and oxygen atoms in total. The molecular formula is C14H27N3. The number of unbranched alkanes of at least 4 members (excludes halogenated alkanes) is 1. The predicted octanol–water partition coefficient (Wildman–Crippen LogP) is 3.31. The third-order valence-electron chi connectivity index (χ3n) is 2.97. The van der Waals surface area contributed by atoms with Gasteiger partial charge in [-0.15, -0.1) is 0 Å². The van der Waals surface area contributed by atoms with Crippen LogP contribution in [0.5, 0.6) is 0 Å². The van der Waals surface area contributed by atoms with E-state index in [0.29, 0.717) is 5.92 Å². The van der Waals surface area contributed by atoms with Crippen molar-refractivity contribution in [1.29, 1.82) is 0 Å². The zero-order valence-corrected chi connectivity index (χ0v) is 11.8. The van der Waals surface area contributed by atoms with Crippen LogP contribution in [0.1, 0.15) is 64.1 Å². The minimum atomic E-state index is 0.549. The molecule has 1 aromatic heterocycles. The van der Waals surface area contributed by atoms with E-state index >= 15 is 0 Å². The zero-order chi connectivity index (χ0) is 12.7. The third kappa shape index (κ3) is 4.15. The van der Waals surface area contributed by atoms with Crippen LogP contribution in [0.4, 0.5) is 0 Å². The van der Waals surface area contributed by atoms with Crippen LogP contribution in [0.3, 0.4) is 0 Å². The van der Waals surface area contributed by atoms with Crippen LogP contribution >= 0.6 is 0 Å². The molecule has 98 valence electrons. The highest BCUT2D eigenvalue weighted by Crippen LogP contribution is 2.19. The van der Waals surface area contributed by atoms with Gasteiger partial charge in [0, 0.05) is 24.3 Å². The lowest BCUT2D eigenvalue weighted by molar-refractivity contribution is 0.532. The fourth-order valence-electron chi connectivity index (χ4n) is 2.12. The first kappa shape index (κ1) is 14.2. The SMILES string of the molecule is CCCCn1ncc(CNCCC)c1C(C)C. The van der Waals surface area contributed by atoms with Crippen LogP contribution in [0.25, 0.3) is 0 Å². The summed E-state index contributed by atoms with van der Waals surface area (Å²) in [5, 5.41) is 7.99. The highest BCUT2D eigenvalue weighted by Gasteiger charge is 2.13. The molecule has 0 aliphatic carbocycles. The van der Waals surface area contributed by atoms with E-state index in [2.05, 4.69) is 42.8 Å². The monoisotopic (exact) mass is 237 g/mol. The topological polar surface area (TPSA) is 29.9 Å². The Morgan fingerprint density at radius 2 is 2.06 bits per heavy atom. The van der Waals surface area contributed by atoms with Crippen molar-refractivity contribution in [2.45, 2.75) is 66.0 Å². The first-order valence-electron chi connectivity index (χ1n) is 6.95. The van der Waals surface area contributed by atoms with E-state index in [0.717, 1.165) is 19.6 Å². The van der Waals surface area contributed by atoms with Crippen molar-refractivity contribution < 1.29 is 0 Å². The molecule has 0 saturated heterocycles. The molecule has 0 aliphatic rings. The van der Waals surface area contributed by atoms with Gasteiger partial charge < -0.3 is 5.32 Å². The maximum absolute atomic E-state index is 4.53. The summed E-state index contributed by atoms with van der Waals surface area (Å²) in [7, 11) is 0. The van der Waals surface area contributed by atoms with Crippen LogP contribution in [0.2, 0.25) is 0 Å². The molecule has 1 rings (SSSR count). The van der Waals surface area contributed by atoms with E-state index in [-0.39, 0.29) is 0 Å². The highest BCUT2D eigenvalue weighted by molar-refractivity contribution is 5.20. The quantitative estimate of drug-likeness (QED) is 0.703. The van der Waals surface area contributed by atoms with Gasteiger partial charge >= 0.3 is 0 Å². The Balaban J connectivity index is 2.71. The number of aromatic nitrogens is 2. The minimum Gasteiger partial charge on any atom is -0.313 e. The van der Waals surface area contributed by atoms with Gasteiger partial charge in [0.1, 0.15) is 0 Å². The molecule has 0 amide bonds. The van der Waals surface area contributed by atoms with Gasteiger partial charge in [-0.25, -0.2) is 0 Å². The van der Waals surface area contributed by atoms with Crippen LogP contribution in [0.15, 0.2) is 6.20 Å². The van der Waals surface area contributed by atoms with Gasteiger partial charge in [0.2, 0.25) is 0 Å². The second-order valence-electron chi connectivity index (χ2n) is 4.96. The molecule has 0 aliphatic heterocycles. The Morgan fingerprint density at radius 3 is 2.65 bits per heavy atom. The van der Waals surface area contributed by atoms with Crippen LogP contribution in [0, 0.1) is 0 Å². The molecule has 1 N–H and O–H groups in total. The van der Waals surface area contributed by atoms with Gasteiger partial charge in [-0.2, -0.15) is 5.10 Å². The number of aryl methyl sites for hydroxylation is 1. The maximum atomic E-state index is 4.53. The Morgan fingerprint density at radius 1 is 1.29 bits per heavy atom. The predicted molar refractivity (Wildman–Crippen MR) is 73.2 cm³/mol. The summed E-state index contributed by atoms with van der Waals surface area (Å²) in [5.74, 6) is 0.549. The van der Waals surface area contributed by atoms with Crippen molar-refractivity contribution in [3.05, 3.63) is 17.5 Å². The van der Waals surface area contributed by atoms with Crippen LogP contribution < -0.4 is 5.32 Å². The van der Waals surface area contributed by atoms with Crippen molar-refractivity contribution in [3.8, 4) is 0 Å². The lowest BCUT2D eigenvalue weighted by Crippen LogP contribution is -2.16. The smallest absolute Gasteiger partial charge is 0.0537 e. The molecule has 0 spiro atoms. The molecule has 0 fully saturated rings. The standard InChI is InChI=1S/C14H27N3/c1-5-7-9-17-14(12(3)4)13(11-16-17)10-15-8-6-2/h11-12,15H,5-10H2,1-4H3. The van der Waals surface area contributed by atoms with E-state index in [1.807, 2.05) is 6.20 Å². The summed E-state index contributed by atoms with van der Waals surface area (Å²) in [5.41, 5.74) is 2.77. The van der Waals surface area contributed by atoms with Gasteiger partial charge in [0.05, 0.1) is 6.20 Å². The Kier molecular flexibility index (Phi) is 6.27. The zero-order valence-electron chi connectivity index (χ0n) is 11.8. The lowest BCUT2D eigenvalue weighted by atomic mass is 10.1. The molecule has 1 aromatic rings. The molecule has 0 radical (unpaired) electrons. The number of nitrogens with zero attached hydrogens (tertiary/aromatic N) is 2. The van der Waals surface area contributed by atoms with E-state index < -0.39 is 0 Å². The van der Waals surface area contributed by atoms with Crippen LogP contribution in [-0.2, 0) is 13.1 Å². The maximum Gasteiger partial charge on any atom is 0.0537 e.